The normalized spacial score (nSPS) is 11.5. The van der Waals surface area contributed by atoms with Gasteiger partial charge in [0.15, 0.2) is 5.82 Å². The molecule has 0 atom stereocenters. The van der Waals surface area contributed by atoms with Gasteiger partial charge in [-0.1, -0.05) is 138 Å². The summed E-state index contributed by atoms with van der Waals surface area (Å²) in [5.74, 6) is 1.06. The molecule has 1 N–H and O–H groups in total. The maximum atomic E-state index is 10.8. The fourth-order valence-corrected chi connectivity index (χ4v) is 6.85. The Labute approximate surface area is 288 Å². The summed E-state index contributed by atoms with van der Waals surface area (Å²) < 4.78 is 12.9. The molecule has 7 rings (SSSR count). The molecule has 0 spiro atoms. The number of benzene rings is 5. The van der Waals surface area contributed by atoms with Gasteiger partial charge in [0.25, 0.3) is 0 Å². The van der Waals surface area contributed by atoms with Crippen LogP contribution in [0.1, 0.15) is 71.1 Å². The molecule has 5 nitrogen and oxygen atoms in total. The zero-order chi connectivity index (χ0) is 33.4. The van der Waals surface area contributed by atoms with Crippen LogP contribution in [-0.4, -0.2) is 21.7 Å². The van der Waals surface area contributed by atoms with Crippen LogP contribution >= 0.6 is 0 Å². The molecule has 0 saturated heterocycles. The zero-order valence-electron chi connectivity index (χ0n) is 28.3. The largest absolute Gasteiger partial charge is 0.507 e. The lowest BCUT2D eigenvalue weighted by Gasteiger charge is -2.13. The van der Waals surface area contributed by atoms with Crippen molar-refractivity contribution in [3.05, 3.63) is 109 Å². The first-order valence-electron chi connectivity index (χ1n) is 17.9. The molecule has 0 amide bonds. The average Bonchev–Trinajstić information content (AvgIpc) is 3.52. The SMILES string of the molecule is CCCCCCCCCCCCOc1cc(-c2cc3oc4cc(-c5ccccc5)ccc4c3c3ccccc23)nc(-c2ccccc2O)n1. The monoisotopic (exact) mass is 648 g/mol. The average molecular weight is 649 g/mol. The first-order chi connectivity index (χ1) is 24.2. The highest BCUT2D eigenvalue weighted by Gasteiger charge is 2.19. The predicted octanol–water partition coefficient (Wildman–Crippen LogP) is 12.5. The molecule has 248 valence electrons. The Morgan fingerprint density at radius 1 is 0.571 bits per heavy atom. The first kappa shape index (κ1) is 32.4. The number of unbranched alkanes of at least 4 members (excludes halogenated alkanes) is 9. The molecule has 0 fully saturated rings. The van der Waals surface area contributed by atoms with Crippen LogP contribution in [-0.2, 0) is 0 Å². The van der Waals surface area contributed by atoms with Crippen LogP contribution in [0.25, 0.3) is 66.5 Å². The summed E-state index contributed by atoms with van der Waals surface area (Å²) in [6, 6.07) is 36.4. The maximum absolute atomic E-state index is 10.8. The minimum atomic E-state index is 0.132. The van der Waals surface area contributed by atoms with Crippen LogP contribution in [0, 0.1) is 0 Å². The van der Waals surface area contributed by atoms with Gasteiger partial charge < -0.3 is 14.3 Å². The zero-order valence-corrected chi connectivity index (χ0v) is 28.3. The molecular formula is C44H44N2O3. The number of aromatic hydroxyl groups is 1. The number of hydrogen-bond acceptors (Lipinski definition) is 5. The van der Waals surface area contributed by atoms with E-state index in [1.165, 1.54) is 51.4 Å². The number of hydrogen-bond donors (Lipinski definition) is 1. The number of furan rings is 1. The van der Waals surface area contributed by atoms with Crippen LogP contribution < -0.4 is 4.74 Å². The van der Waals surface area contributed by atoms with E-state index in [9.17, 15) is 5.11 Å². The Kier molecular flexibility index (Phi) is 10.2. The maximum Gasteiger partial charge on any atom is 0.217 e. The summed E-state index contributed by atoms with van der Waals surface area (Å²) in [5, 5.41) is 15.1. The smallest absolute Gasteiger partial charge is 0.217 e. The molecule has 0 unspecified atom stereocenters. The molecule has 49 heavy (non-hydrogen) atoms. The van der Waals surface area contributed by atoms with Gasteiger partial charge in [-0.2, -0.15) is 4.98 Å². The van der Waals surface area contributed by atoms with Crippen LogP contribution in [0.2, 0.25) is 0 Å². The van der Waals surface area contributed by atoms with Crippen molar-refractivity contribution in [1.82, 2.24) is 9.97 Å². The van der Waals surface area contributed by atoms with Gasteiger partial charge in [-0.05, 0) is 58.7 Å². The number of rotatable bonds is 15. The van der Waals surface area contributed by atoms with Crippen molar-refractivity contribution in [3.63, 3.8) is 0 Å². The van der Waals surface area contributed by atoms with Gasteiger partial charge in [-0.25, -0.2) is 4.98 Å². The molecule has 5 heteroatoms. The van der Waals surface area contributed by atoms with Crippen molar-refractivity contribution in [2.24, 2.45) is 0 Å². The van der Waals surface area contributed by atoms with E-state index in [0.717, 1.165) is 67.9 Å². The van der Waals surface area contributed by atoms with Crippen LogP contribution in [0.5, 0.6) is 11.6 Å². The second-order valence-corrected chi connectivity index (χ2v) is 13.0. The molecule has 0 saturated carbocycles. The Hall–Kier alpha value is -5.16. The molecule has 7 aromatic rings. The fraction of sp³-hybridized carbons (Fsp3) is 0.273. The van der Waals surface area contributed by atoms with E-state index in [1.54, 1.807) is 12.1 Å². The highest BCUT2D eigenvalue weighted by Crippen LogP contribution is 2.41. The number of phenols is 1. The van der Waals surface area contributed by atoms with E-state index in [4.69, 9.17) is 19.1 Å². The van der Waals surface area contributed by atoms with Crippen molar-refractivity contribution in [1.29, 1.82) is 0 Å². The molecule has 2 heterocycles. The third-order valence-corrected chi connectivity index (χ3v) is 9.46. The number of aromatic nitrogens is 2. The number of para-hydroxylation sites is 1. The second kappa shape index (κ2) is 15.4. The summed E-state index contributed by atoms with van der Waals surface area (Å²) >= 11 is 0. The second-order valence-electron chi connectivity index (χ2n) is 13.0. The predicted molar refractivity (Wildman–Crippen MR) is 202 cm³/mol. The molecule has 2 aromatic heterocycles. The fourth-order valence-electron chi connectivity index (χ4n) is 6.85. The van der Waals surface area contributed by atoms with E-state index < -0.39 is 0 Å². The van der Waals surface area contributed by atoms with Gasteiger partial charge in [-0.3, -0.25) is 0 Å². The van der Waals surface area contributed by atoms with Crippen molar-refractivity contribution in [2.75, 3.05) is 6.61 Å². The quantitative estimate of drug-likeness (QED) is 0.112. The topological polar surface area (TPSA) is 68.4 Å². The Bertz CT molecular complexity index is 2170. The van der Waals surface area contributed by atoms with Gasteiger partial charge >= 0.3 is 0 Å². The lowest BCUT2D eigenvalue weighted by molar-refractivity contribution is 0.293. The summed E-state index contributed by atoms with van der Waals surface area (Å²) in [4.78, 5) is 9.78. The van der Waals surface area contributed by atoms with E-state index in [2.05, 4.69) is 79.7 Å². The molecule has 0 aliphatic carbocycles. The summed E-state index contributed by atoms with van der Waals surface area (Å²) in [5.41, 5.74) is 6.11. The standard InChI is InChI=1S/C44H44N2O3/c1-2-3-4-5-6-7-8-9-10-18-27-48-42-30-38(45-44(46-42)35-23-16-17-24-39(35)47)37-29-41-43(34-22-15-14-21-33(34)37)36-26-25-32(28-40(36)49-41)31-19-12-11-13-20-31/h11-17,19-26,28-30,47H,2-10,18,27H2,1H3. The third-order valence-electron chi connectivity index (χ3n) is 9.46. The van der Waals surface area contributed by atoms with Gasteiger partial charge in [0.1, 0.15) is 16.9 Å². The highest BCUT2D eigenvalue weighted by atomic mass is 16.5. The molecule has 5 aromatic carbocycles. The highest BCUT2D eigenvalue weighted by molar-refractivity contribution is 6.22. The summed E-state index contributed by atoms with van der Waals surface area (Å²) in [6.45, 7) is 2.85. The minimum Gasteiger partial charge on any atom is -0.507 e. The lowest BCUT2D eigenvalue weighted by Crippen LogP contribution is -2.02. The van der Waals surface area contributed by atoms with Crippen molar-refractivity contribution in [3.8, 4) is 45.4 Å². The lowest BCUT2D eigenvalue weighted by atomic mass is 9.96. The number of fused-ring (bicyclic) bond motifs is 5. The Balaban J connectivity index is 1.20. The molecule has 0 aliphatic heterocycles. The van der Waals surface area contributed by atoms with E-state index >= 15 is 0 Å². The van der Waals surface area contributed by atoms with Crippen molar-refractivity contribution < 1.29 is 14.3 Å². The molecule has 0 radical (unpaired) electrons. The van der Waals surface area contributed by atoms with Crippen LogP contribution in [0.15, 0.2) is 114 Å². The summed E-state index contributed by atoms with van der Waals surface area (Å²) in [7, 11) is 0. The minimum absolute atomic E-state index is 0.132. The Morgan fingerprint density at radius 3 is 2.04 bits per heavy atom. The van der Waals surface area contributed by atoms with E-state index in [1.807, 2.05) is 24.3 Å². The molecule has 0 aliphatic rings. The first-order valence-corrected chi connectivity index (χ1v) is 17.9. The van der Waals surface area contributed by atoms with Gasteiger partial charge in [0.05, 0.1) is 17.9 Å². The van der Waals surface area contributed by atoms with Crippen molar-refractivity contribution >= 4 is 32.7 Å². The molecular weight excluding hydrogens is 604 g/mol. The van der Waals surface area contributed by atoms with Gasteiger partial charge in [0.2, 0.25) is 5.88 Å². The van der Waals surface area contributed by atoms with Crippen LogP contribution in [0.3, 0.4) is 0 Å². The summed E-state index contributed by atoms with van der Waals surface area (Å²) in [6.07, 6.45) is 12.7. The van der Waals surface area contributed by atoms with E-state index in [-0.39, 0.29) is 5.75 Å². The van der Waals surface area contributed by atoms with Crippen molar-refractivity contribution in [2.45, 2.75) is 71.1 Å². The van der Waals surface area contributed by atoms with E-state index in [0.29, 0.717) is 23.9 Å². The van der Waals surface area contributed by atoms with Gasteiger partial charge in [0, 0.05) is 22.4 Å². The number of nitrogens with zero attached hydrogens (tertiary/aromatic N) is 2. The third kappa shape index (κ3) is 7.31. The van der Waals surface area contributed by atoms with Gasteiger partial charge in [-0.15, -0.1) is 0 Å². The number of phenolic OH excluding ortho intramolecular Hbond substituents is 1. The van der Waals surface area contributed by atoms with Crippen LogP contribution in [0.4, 0.5) is 0 Å². The molecule has 0 bridgehead atoms. The Morgan fingerprint density at radius 2 is 1.27 bits per heavy atom. The number of ether oxygens (including phenoxy) is 1.